The normalized spacial score (nSPS) is 11.7. The fourth-order valence-corrected chi connectivity index (χ4v) is 1.72. The van der Waals surface area contributed by atoms with Gasteiger partial charge in [0.05, 0.1) is 6.61 Å². The van der Waals surface area contributed by atoms with Crippen molar-refractivity contribution in [1.82, 2.24) is 0 Å². The third-order valence-electron chi connectivity index (χ3n) is 2.78. The summed E-state index contributed by atoms with van der Waals surface area (Å²) in [6.45, 7) is 0.182. The van der Waals surface area contributed by atoms with E-state index < -0.39 is 6.04 Å². The highest BCUT2D eigenvalue weighted by Gasteiger charge is 2.12. The molecule has 110 valence electrons. The minimum Gasteiger partial charge on any atom is -0.457 e. The zero-order valence-corrected chi connectivity index (χ0v) is 11.8. The second-order valence-electron chi connectivity index (χ2n) is 4.49. The van der Waals surface area contributed by atoms with Gasteiger partial charge in [-0.15, -0.1) is 0 Å². The van der Waals surface area contributed by atoms with Gasteiger partial charge in [0.1, 0.15) is 17.5 Å². The average Bonchev–Trinajstić information content (AvgIpc) is 2.50. The molecule has 2 aromatic carbocycles. The van der Waals surface area contributed by atoms with Crippen molar-refractivity contribution >= 4 is 11.6 Å². The number of hydrogen-bond donors (Lipinski definition) is 2. The second-order valence-corrected chi connectivity index (χ2v) is 4.49. The van der Waals surface area contributed by atoms with E-state index in [2.05, 4.69) is 5.32 Å². The first-order valence-electron chi connectivity index (χ1n) is 6.57. The number of ether oxygens (including phenoxy) is 2. The van der Waals surface area contributed by atoms with Crippen LogP contribution < -0.4 is 15.8 Å². The topological polar surface area (TPSA) is 73.6 Å². The van der Waals surface area contributed by atoms with Gasteiger partial charge in [0.15, 0.2) is 0 Å². The molecule has 0 saturated heterocycles. The Kier molecular flexibility index (Phi) is 5.31. The standard InChI is InChI=1S/C16H18N2O3/c1-20-11-15(17)16(19)18-12-7-9-14(10-8-12)21-13-5-3-2-4-6-13/h2-10,15H,11,17H2,1H3,(H,18,19). The van der Waals surface area contributed by atoms with E-state index in [1.807, 2.05) is 30.3 Å². The van der Waals surface area contributed by atoms with Gasteiger partial charge >= 0.3 is 0 Å². The van der Waals surface area contributed by atoms with Gasteiger partial charge in [0.25, 0.3) is 0 Å². The Balaban J connectivity index is 1.94. The van der Waals surface area contributed by atoms with Crippen LogP contribution in [0.2, 0.25) is 0 Å². The van der Waals surface area contributed by atoms with Gasteiger partial charge in [-0.3, -0.25) is 4.79 Å². The Hall–Kier alpha value is -2.37. The van der Waals surface area contributed by atoms with Crippen molar-refractivity contribution in [3.8, 4) is 11.5 Å². The van der Waals surface area contributed by atoms with Crippen LogP contribution in [-0.4, -0.2) is 25.7 Å². The van der Waals surface area contributed by atoms with E-state index in [9.17, 15) is 4.79 Å². The van der Waals surface area contributed by atoms with Crippen molar-refractivity contribution in [1.29, 1.82) is 0 Å². The van der Waals surface area contributed by atoms with Gasteiger partial charge in [0, 0.05) is 12.8 Å². The van der Waals surface area contributed by atoms with Gasteiger partial charge in [-0.1, -0.05) is 18.2 Å². The molecule has 2 rings (SSSR count). The molecule has 5 nitrogen and oxygen atoms in total. The monoisotopic (exact) mass is 286 g/mol. The van der Waals surface area contributed by atoms with E-state index in [1.165, 1.54) is 7.11 Å². The van der Waals surface area contributed by atoms with Crippen molar-refractivity contribution < 1.29 is 14.3 Å². The Morgan fingerprint density at radius 3 is 2.33 bits per heavy atom. The molecule has 1 unspecified atom stereocenters. The molecule has 0 fully saturated rings. The molecule has 21 heavy (non-hydrogen) atoms. The number of hydrogen-bond acceptors (Lipinski definition) is 4. The minimum atomic E-state index is -0.685. The third kappa shape index (κ3) is 4.59. The number of nitrogens with one attached hydrogen (secondary N) is 1. The van der Waals surface area contributed by atoms with Crippen molar-refractivity contribution in [2.75, 3.05) is 19.0 Å². The zero-order chi connectivity index (χ0) is 15.1. The lowest BCUT2D eigenvalue weighted by atomic mass is 10.2. The van der Waals surface area contributed by atoms with Gasteiger partial charge in [-0.2, -0.15) is 0 Å². The molecule has 0 spiro atoms. The molecular weight excluding hydrogens is 268 g/mol. The van der Waals surface area contributed by atoms with Gasteiger partial charge < -0.3 is 20.5 Å². The maximum Gasteiger partial charge on any atom is 0.243 e. The van der Waals surface area contributed by atoms with Crippen LogP contribution in [0, 0.1) is 0 Å². The average molecular weight is 286 g/mol. The van der Waals surface area contributed by atoms with Crippen molar-refractivity contribution in [2.24, 2.45) is 5.73 Å². The third-order valence-corrected chi connectivity index (χ3v) is 2.78. The number of para-hydroxylation sites is 1. The Bertz CT molecular complexity index is 570. The summed E-state index contributed by atoms with van der Waals surface area (Å²) < 4.78 is 10.5. The van der Waals surface area contributed by atoms with Crippen LogP contribution in [0.15, 0.2) is 54.6 Å². The number of benzene rings is 2. The molecule has 0 aromatic heterocycles. The van der Waals surface area contributed by atoms with Crippen LogP contribution in [0.25, 0.3) is 0 Å². The first kappa shape index (κ1) is 15.0. The zero-order valence-electron chi connectivity index (χ0n) is 11.8. The summed E-state index contributed by atoms with van der Waals surface area (Å²) in [6, 6.07) is 15.9. The van der Waals surface area contributed by atoms with E-state index in [0.29, 0.717) is 11.4 Å². The number of carbonyl (C=O) groups excluding carboxylic acids is 1. The van der Waals surface area contributed by atoms with Crippen LogP contribution in [0.4, 0.5) is 5.69 Å². The summed E-state index contributed by atoms with van der Waals surface area (Å²) >= 11 is 0. The smallest absolute Gasteiger partial charge is 0.243 e. The SMILES string of the molecule is COCC(N)C(=O)Nc1ccc(Oc2ccccc2)cc1. The maximum atomic E-state index is 11.7. The summed E-state index contributed by atoms with van der Waals surface area (Å²) in [7, 11) is 1.50. The Labute approximate surface area is 123 Å². The van der Waals surface area contributed by atoms with E-state index in [0.717, 1.165) is 5.75 Å². The molecule has 0 aliphatic heterocycles. The molecule has 3 N–H and O–H groups in total. The lowest BCUT2D eigenvalue weighted by Gasteiger charge is -2.11. The van der Waals surface area contributed by atoms with Crippen LogP contribution in [0.3, 0.4) is 0 Å². The van der Waals surface area contributed by atoms with Crippen LogP contribution >= 0.6 is 0 Å². The number of nitrogens with two attached hydrogens (primary N) is 1. The minimum absolute atomic E-state index is 0.182. The summed E-state index contributed by atoms with van der Waals surface area (Å²) in [5, 5.41) is 2.72. The molecule has 0 aliphatic carbocycles. The van der Waals surface area contributed by atoms with E-state index in [4.69, 9.17) is 15.2 Å². The predicted molar refractivity (Wildman–Crippen MR) is 81.4 cm³/mol. The van der Waals surface area contributed by atoms with Gasteiger partial charge in [-0.25, -0.2) is 0 Å². The highest BCUT2D eigenvalue weighted by molar-refractivity contribution is 5.94. The number of carbonyl (C=O) groups is 1. The van der Waals surface area contributed by atoms with Crippen molar-refractivity contribution in [3.05, 3.63) is 54.6 Å². The first-order chi connectivity index (χ1) is 10.2. The van der Waals surface area contributed by atoms with Crippen LogP contribution in [-0.2, 0) is 9.53 Å². The van der Waals surface area contributed by atoms with Crippen molar-refractivity contribution in [2.45, 2.75) is 6.04 Å². The number of rotatable bonds is 6. The summed E-state index contributed by atoms with van der Waals surface area (Å²) in [5.41, 5.74) is 6.31. The fraction of sp³-hybridized carbons (Fsp3) is 0.188. The van der Waals surface area contributed by atoms with E-state index >= 15 is 0 Å². The fourth-order valence-electron chi connectivity index (χ4n) is 1.72. The van der Waals surface area contributed by atoms with E-state index in [1.54, 1.807) is 24.3 Å². The second kappa shape index (κ2) is 7.42. The van der Waals surface area contributed by atoms with Gasteiger partial charge in [-0.05, 0) is 36.4 Å². The molecular formula is C16H18N2O3. The van der Waals surface area contributed by atoms with Gasteiger partial charge in [0.2, 0.25) is 5.91 Å². The largest absolute Gasteiger partial charge is 0.457 e. The highest BCUT2D eigenvalue weighted by Crippen LogP contribution is 2.22. The lowest BCUT2D eigenvalue weighted by molar-refractivity contribution is -0.118. The molecule has 1 amide bonds. The lowest BCUT2D eigenvalue weighted by Crippen LogP contribution is -2.39. The number of amides is 1. The molecule has 0 saturated carbocycles. The molecule has 1 atom stereocenters. The molecule has 0 radical (unpaired) electrons. The Morgan fingerprint density at radius 1 is 1.10 bits per heavy atom. The summed E-state index contributed by atoms with van der Waals surface area (Å²) in [5.74, 6) is 1.17. The molecule has 0 bridgehead atoms. The first-order valence-corrected chi connectivity index (χ1v) is 6.57. The molecule has 5 heteroatoms. The highest BCUT2D eigenvalue weighted by atomic mass is 16.5. The van der Waals surface area contributed by atoms with E-state index in [-0.39, 0.29) is 12.5 Å². The van der Waals surface area contributed by atoms with Crippen molar-refractivity contribution in [3.63, 3.8) is 0 Å². The summed E-state index contributed by atoms with van der Waals surface area (Å²) in [6.07, 6.45) is 0. The van der Waals surface area contributed by atoms with Crippen LogP contribution in [0.5, 0.6) is 11.5 Å². The maximum absolute atomic E-state index is 11.7. The van der Waals surface area contributed by atoms with Crippen LogP contribution in [0.1, 0.15) is 0 Å². The Morgan fingerprint density at radius 2 is 1.71 bits per heavy atom. The molecule has 0 heterocycles. The molecule has 2 aromatic rings. The predicted octanol–water partition coefficient (Wildman–Crippen LogP) is 2.39. The molecule has 0 aliphatic rings. The number of anilines is 1. The number of methoxy groups -OCH3 is 1. The summed E-state index contributed by atoms with van der Waals surface area (Å²) in [4.78, 5) is 11.7. The quantitative estimate of drug-likeness (QED) is 0.855.